The van der Waals surface area contributed by atoms with Crippen LogP contribution in [0.2, 0.25) is 0 Å². The van der Waals surface area contributed by atoms with Gasteiger partial charge in [0, 0.05) is 30.5 Å². The van der Waals surface area contributed by atoms with Gasteiger partial charge < -0.3 is 19.7 Å². The van der Waals surface area contributed by atoms with E-state index in [2.05, 4.69) is 10.3 Å². The van der Waals surface area contributed by atoms with Crippen LogP contribution in [-0.2, 0) is 4.79 Å². The van der Waals surface area contributed by atoms with Gasteiger partial charge in [-0.05, 0) is 37.3 Å². The van der Waals surface area contributed by atoms with Gasteiger partial charge in [-0.25, -0.2) is 9.78 Å². The molecule has 1 saturated heterocycles. The molecule has 2 heterocycles. The number of carbonyl (C=O) groups excluding carboxylic acids is 2. The van der Waals surface area contributed by atoms with Gasteiger partial charge in [-0.3, -0.25) is 9.69 Å². The van der Waals surface area contributed by atoms with E-state index < -0.39 is 0 Å². The molecular formula is C21H22N4O4S. The van der Waals surface area contributed by atoms with E-state index in [-0.39, 0.29) is 18.5 Å². The second kappa shape index (κ2) is 8.19. The number of methoxy groups -OCH3 is 2. The molecule has 1 fully saturated rings. The summed E-state index contributed by atoms with van der Waals surface area (Å²) in [5.74, 6) is 0.895. The quantitative estimate of drug-likeness (QED) is 0.652. The zero-order valence-electron chi connectivity index (χ0n) is 17.0. The number of benzene rings is 2. The highest BCUT2D eigenvalue weighted by Crippen LogP contribution is 2.32. The van der Waals surface area contributed by atoms with Gasteiger partial charge in [0.2, 0.25) is 5.91 Å². The van der Waals surface area contributed by atoms with Gasteiger partial charge in [0.05, 0.1) is 29.4 Å². The van der Waals surface area contributed by atoms with E-state index in [1.165, 1.54) is 4.90 Å². The van der Waals surface area contributed by atoms with E-state index in [1.807, 2.05) is 25.1 Å². The van der Waals surface area contributed by atoms with Crippen LogP contribution < -0.4 is 19.7 Å². The van der Waals surface area contributed by atoms with Gasteiger partial charge in [-0.2, -0.15) is 0 Å². The molecule has 2 aromatic carbocycles. The van der Waals surface area contributed by atoms with Crippen LogP contribution in [0.5, 0.6) is 11.5 Å². The topological polar surface area (TPSA) is 84.0 Å². The Hall–Kier alpha value is -3.33. The van der Waals surface area contributed by atoms with Crippen LogP contribution in [0.1, 0.15) is 5.01 Å². The lowest BCUT2D eigenvalue weighted by molar-refractivity contribution is -0.116. The predicted octanol–water partition coefficient (Wildman–Crippen LogP) is 3.50. The number of anilines is 2. The number of aromatic nitrogens is 1. The van der Waals surface area contributed by atoms with Crippen LogP contribution in [-0.4, -0.2) is 55.7 Å². The Kier molecular flexibility index (Phi) is 5.45. The number of thiazole rings is 1. The first-order valence-electron chi connectivity index (χ1n) is 9.44. The van der Waals surface area contributed by atoms with Gasteiger partial charge in [0.1, 0.15) is 6.54 Å². The maximum Gasteiger partial charge on any atom is 0.325 e. The maximum atomic E-state index is 12.8. The standard InChI is InChI=1S/C21H22N4O4S/c1-13-22-16-10-14(4-7-19(16)30-13)23-20(26)12-24-8-9-25(21(24)27)15-5-6-17(28-2)18(11-15)29-3/h4-7,10-11H,8-9,12H2,1-3H3,(H,23,26). The molecule has 1 aromatic heterocycles. The lowest BCUT2D eigenvalue weighted by Gasteiger charge is -2.19. The Balaban J connectivity index is 1.41. The van der Waals surface area contributed by atoms with Gasteiger partial charge in [0.15, 0.2) is 11.5 Å². The summed E-state index contributed by atoms with van der Waals surface area (Å²) in [7, 11) is 3.11. The number of aryl methyl sites for hydroxylation is 1. The molecule has 3 aromatic rings. The van der Waals surface area contributed by atoms with Crippen molar-refractivity contribution in [2.75, 3.05) is 44.1 Å². The zero-order valence-corrected chi connectivity index (χ0v) is 17.8. The monoisotopic (exact) mass is 426 g/mol. The molecule has 0 atom stereocenters. The van der Waals surface area contributed by atoms with Crippen molar-refractivity contribution in [1.29, 1.82) is 0 Å². The smallest absolute Gasteiger partial charge is 0.325 e. The SMILES string of the molecule is COc1ccc(N2CCN(CC(=O)Nc3ccc4sc(C)nc4c3)C2=O)cc1OC. The fourth-order valence-corrected chi connectivity index (χ4v) is 4.26. The average molecular weight is 426 g/mol. The molecule has 4 rings (SSSR count). The average Bonchev–Trinajstić information content (AvgIpc) is 3.28. The van der Waals surface area contributed by atoms with Crippen LogP contribution in [0.25, 0.3) is 10.2 Å². The third-order valence-corrected chi connectivity index (χ3v) is 5.84. The predicted molar refractivity (Wildman–Crippen MR) is 117 cm³/mol. The minimum absolute atomic E-state index is 0.0171. The third-order valence-electron chi connectivity index (χ3n) is 4.89. The largest absolute Gasteiger partial charge is 0.493 e. The molecule has 1 aliphatic heterocycles. The first kappa shape index (κ1) is 20.0. The Morgan fingerprint density at radius 2 is 1.93 bits per heavy atom. The molecule has 9 heteroatoms. The number of nitrogens with one attached hydrogen (secondary N) is 1. The Morgan fingerprint density at radius 1 is 1.13 bits per heavy atom. The second-order valence-electron chi connectivity index (χ2n) is 6.86. The molecule has 0 spiro atoms. The minimum atomic E-state index is -0.246. The van der Waals surface area contributed by atoms with Crippen molar-refractivity contribution in [2.24, 2.45) is 0 Å². The number of urea groups is 1. The van der Waals surface area contributed by atoms with Crippen LogP contribution in [0.3, 0.4) is 0 Å². The van der Waals surface area contributed by atoms with Crippen molar-refractivity contribution < 1.29 is 19.1 Å². The molecule has 3 amide bonds. The van der Waals surface area contributed by atoms with Crippen molar-refractivity contribution >= 4 is 44.9 Å². The van der Waals surface area contributed by atoms with E-state index in [1.54, 1.807) is 48.7 Å². The van der Waals surface area contributed by atoms with Gasteiger partial charge in [-0.15, -0.1) is 11.3 Å². The summed E-state index contributed by atoms with van der Waals surface area (Å²) in [4.78, 5) is 32.9. The normalized spacial score (nSPS) is 13.8. The van der Waals surface area contributed by atoms with E-state index >= 15 is 0 Å². The lowest BCUT2D eigenvalue weighted by Crippen LogP contribution is -2.37. The number of rotatable bonds is 6. The fraction of sp³-hybridized carbons (Fsp3) is 0.286. The van der Waals surface area contributed by atoms with Gasteiger partial charge >= 0.3 is 6.03 Å². The highest BCUT2D eigenvalue weighted by Gasteiger charge is 2.31. The molecule has 156 valence electrons. The summed E-state index contributed by atoms with van der Waals surface area (Å²) in [5, 5.41) is 3.83. The van der Waals surface area contributed by atoms with Crippen molar-refractivity contribution in [3.05, 3.63) is 41.4 Å². The highest BCUT2D eigenvalue weighted by molar-refractivity contribution is 7.18. The van der Waals surface area contributed by atoms with Crippen LogP contribution >= 0.6 is 11.3 Å². The molecular weight excluding hydrogens is 404 g/mol. The van der Waals surface area contributed by atoms with E-state index in [0.29, 0.717) is 36.0 Å². The summed E-state index contributed by atoms with van der Waals surface area (Å²) in [6.07, 6.45) is 0. The van der Waals surface area contributed by atoms with Crippen molar-refractivity contribution in [1.82, 2.24) is 9.88 Å². The first-order valence-corrected chi connectivity index (χ1v) is 10.3. The second-order valence-corrected chi connectivity index (χ2v) is 8.09. The minimum Gasteiger partial charge on any atom is -0.493 e. The lowest BCUT2D eigenvalue weighted by atomic mass is 10.2. The van der Waals surface area contributed by atoms with E-state index in [9.17, 15) is 9.59 Å². The van der Waals surface area contributed by atoms with Crippen LogP contribution in [0.15, 0.2) is 36.4 Å². The number of nitrogens with zero attached hydrogens (tertiary/aromatic N) is 3. The number of ether oxygens (including phenoxy) is 2. The van der Waals surface area contributed by atoms with Crippen molar-refractivity contribution in [3.63, 3.8) is 0 Å². The molecule has 0 unspecified atom stereocenters. The molecule has 0 aliphatic carbocycles. The van der Waals surface area contributed by atoms with Crippen LogP contribution in [0, 0.1) is 6.92 Å². The number of hydrogen-bond acceptors (Lipinski definition) is 6. The van der Waals surface area contributed by atoms with Gasteiger partial charge in [0.25, 0.3) is 0 Å². The van der Waals surface area contributed by atoms with E-state index in [4.69, 9.17) is 9.47 Å². The van der Waals surface area contributed by atoms with Crippen molar-refractivity contribution in [2.45, 2.75) is 6.92 Å². The molecule has 8 nitrogen and oxygen atoms in total. The number of carbonyl (C=O) groups is 2. The Bertz CT molecular complexity index is 1110. The van der Waals surface area contributed by atoms with Gasteiger partial charge in [-0.1, -0.05) is 0 Å². The summed E-state index contributed by atoms with van der Waals surface area (Å²) >= 11 is 1.61. The van der Waals surface area contributed by atoms with E-state index in [0.717, 1.165) is 15.2 Å². The number of fused-ring (bicyclic) bond motifs is 1. The summed E-state index contributed by atoms with van der Waals surface area (Å²) in [5.41, 5.74) is 2.22. The molecule has 0 saturated carbocycles. The van der Waals surface area contributed by atoms with Crippen LogP contribution in [0.4, 0.5) is 16.2 Å². The zero-order chi connectivity index (χ0) is 21.3. The number of amides is 3. The molecule has 1 N–H and O–H groups in total. The highest BCUT2D eigenvalue weighted by atomic mass is 32.1. The molecule has 30 heavy (non-hydrogen) atoms. The molecule has 1 aliphatic rings. The Labute approximate surface area is 178 Å². The molecule has 0 radical (unpaired) electrons. The summed E-state index contributed by atoms with van der Waals surface area (Å²) in [6.45, 7) is 2.89. The maximum absolute atomic E-state index is 12.8. The van der Waals surface area contributed by atoms with Crippen molar-refractivity contribution in [3.8, 4) is 11.5 Å². The first-order chi connectivity index (χ1) is 14.5. The number of hydrogen-bond donors (Lipinski definition) is 1. The third kappa shape index (κ3) is 3.88. The Morgan fingerprint density at radius 3 is 2.70 bits per heavy atom. The summed E-state index contributed by atoms with van der Waals surface area (Å²) < 4.78 is 11.6. The summed E-state index contributed by atoms with van der Waals surface area (Å²) in [6, 6.07) is 10.7. The molecule has 0 bridgehead atoms. The fourth-order valence-electron chi connectivity index (χ4n) is 3.46.